The number of rotatable bonds is 2. The summed E-state index contributed by atoms with van der Waals surface area (Å²) in [5, 5.41) is 0. The van der Waals surface area contributed by atoms with Crippen LogP contribution >= 0.6 is 0 Å². The maximum absolute atomic E-state index is 13.0. The number of carbonyl (C=O) groups is 1. The molecule has 0 saturated carbocycles. The minimum Gasteiger partial charge on any atom is -0.368 e. The van der Waals surface area contributed by atoms with Gasteiger partial charge in [-0.15, -0.1) is 0 Å². The Morgan fingerprint density at radius 3 is 2.26 bits per heavy atom. The molecule has 1 aliphatic heterocycles. The fourth-order valence-corrected chi connectivity index (χ4v) is 2.76. The van der Waals surface area contributed by atoms with Gasteiger partial charge in [0, 0.05) is 38.9 Å². The van der Waals surface area contributed by atoms with Crippen LogP contribution in [0.4, 0.5) is 10.1 Å². The normalized spacial score (nSPS) is 15.1. The predicted octanol–water partition coefficient (Wildman–Crippen LogP) is 1.39. The number of halogens is 1. The van der Waals surface area contributed by atoms with Crippen LogP contribution in [0.25, 0.3) is 0 Å². The third-order valence-corrected chi connectivity index (χ3v) is 4.23. The highest BCUT2D eigenvalue weighted by Gasteiger charge is 2.27. The van der Waals surface area contributed by atoms with Crippen molar-refractivity contribution in [3.05, 3.63) is 51.8 Å². The molecule has 0 radical (unpaired) electrons. The molecule has 0 aliphatic carbocycles. The van der Waals surface area contributed by atoms with Crippen LogP contribution in [0.3, 0.4) is 0 Å². The van der Waals surface area contributed by atoms with E-state index in [0.29, 0.717) is 31.9 Å². The smallest absolute Gasteiger partial charge is 0.368 e. The molecule has 2 heterocycles. The second-order valence-electron chi connectivity index (χ2n) is 5.59. The number of benzene rings is 1. The van der Waals surface area contributed by atoms with E-state index in [2.05, 4.69) is 4.90 Å². The minimum atomic E-state index is -0.601. The molecule has 1 saturated heterocycles. The molecule has 0 N–H and O–H groups in total. The molecule has 0 bridgehead atoms. The number of nitrogens with zero attached hydrogens (tertiary/aromatic N) is 3. The first-order chi connectivity index (χ1) is 11.0. The summed E-state index contributed by atoms with van der Waals surface area (Å²) in [4.78, 5) is 28.0. The summed E-state index contributed by atoms with van der Waals surface area (Å²) in [7, 11) is 1.60. The fourth-order valence-electron chi connectivity index (χ4n) is 2.76. The van der Waals surface area contributed by atoms with Crippen LogP contribution < -0.4 is 10.5 Å². The SMILES string of the molecule is Cc1c(C(=O)N2CCN(c3ccc(F)cc3)CC2)c(=O)on1C. The molecule has 1 aromatic carbocycles. The van der Waals surface area contributed by atoms with Gasteiger partial charge >= 0.3 is 5.63 Å². The van der Waals surface area contributed by atoms with Crippen molar-refractivity contribution in [1.29, 1.82) is 0 Å². The highest BCUT2D eigenvalue weighted by Crippen LogP contribution is 2.18. The van der Waals surface area contributed by atoms with Crippen LogP contribution in [0.5, 0.6) is 0 Å². The number of aryl methyl sites for hydroxylation is 1. The average Bonchev–Trinajstić information content (AvgIpc) is 2.80. The maximum atomic E-state index is 13.0. The molecular formula is C16H18FN3O3. The summed E-state index contributed by atoms with van der Waals surface area (Å²) in [6.07, 6.45) is 0. The lowest BCUT2D eigenvalue weighted by Gasteiger charge is -2.35. The number of anilines is 1. The molecular weight excluding hydrogens is 301 g/mol. The van der Waals surface area contributed by atoms with Crippen molar-refractivity contribution in [1.82, 2.24) is 9.64 Å². The molecule has 3 rings (SSSR count). The van der Waals surface area contributed by atoms with Gasteiger partial charge in [-0.3, -0.25) is 4.79 Å². The van der Waals surface area contributed by atoms with Crippen LogP contribution in [-0.4, -0.2) is 41.7 Å². The Labute approximate surface area is 132 Å². The Hall–Kier alpha value is -2.57. The highest BCUT2D eigenvalue weighted by molar-refractivity contribution is 5.95. The minimum absolute atomic E-state index is 0.0998. The van der Waals surface area contributed by atoms with Crippen LogP contribution in [0.2, 0.25) is 0 Å². The molecule has 1 fully saturated rings. The second-order valence-corrected chi connectivity index (χ2v) is 5.59. The Kier molecular flexibility index (Phi) is 3.94. The van der Waals surface area contributed by atoms with Gasteiger partial charge < -0.3 is 14.3 Å². The van der Waals surface area contributed by atoms with E-state index in [9.17, 15) is 14.0 Å². The molecule has 1 aromatic heterocycles. The molecule has 122 valence electrons. The van der Waals surface area contributed by atoms with Crippen molar-refractivity contribution in [2.75, 3.05) is 31.1 Å². The van der Waals surface area contributed by atoms with Gasteiger partial charge in [0.2, 0.25) is 0 Å². The molecule has 23 heavy (non-hydrogen) atoms. The molecule has 1 amide bonds. The number of amides is 1. The zero-order chi connectivity index (χ0) is 16.6. The third-order valence-electron chi connectivity index (χ3n) is 4.23. The largest absolute Gasteiger partial charge is 0.370 e. The van der Waals surface area contributed by atoms with Gasteiger partial charge in [-0.1, -0.05) is 0 Å². The molecule has 7 heteroatoms. The third kappa shape index (κ3) is 2.86. The van der Waals surface area contributed by atoms with E-state index >= 15 is 0 Å². The Bertz CT molecular complexity index is 771. The van der Waals surface area contributed by atoms with E-state index < -0.39 is 5.63 Å². The van der Waals surface area contributed by atoms with Gasteiger partial charge in [-0.2, -0.15) is 0 Å². The predicted molar refractivity (Wildman–Crippen MR) is 83.2 cm³/mol. The summed E-state index contributed by atoms with van der Waals surface area (Å²) in [6, 6.07) is 6.29. The molecule has 1 aliphatic rings. The van der Waals surface area contributed by atoms with Crippen molar-refractivity contribution >= 4 is 11.6 Å². The van der Waals surface area contributed by atoms with Gasteiger partial charge in [-0.05, 0) is 31.2 Å². The average molecular weight is 319 g/mol. The van der Waals surface area contributed by atoms with Crippen LogP contribution in [0.1, 0.15) is 16.1 Å². The maximum Gasteiger partial charge on any atom is 0.370 e. The van der Waals surface area contributed by atoms with Gasteiger partial charge in [0.25, 0.3) is 5.91 Å². The molecule has 0 atom stereocenters. The number of carbonyl (C=O) groups excluding carboxylic acids is 1. The monoisotopic (exact) mass is 319 g/mol. The number of aromatic nitrogens is 1. The lowest BCUT2D eigenvalue weighted by Crippen LogP contribution is -2.49. The summed E-state index contributed by atoms with van der Waals surface area (Å²) in [5.41, 5.74) is 0.952. The highest BCUT2D eigenvalue weighted by atomic mass is 19.1. The summed E-state index contributed by atoms with van der Waals surface area (Å²) in [6.45, 7) is 3.96. The van der Waals surface area contributed by atoms with E-state index in [1.807, 2.05) is 0 Å². The van der Waals surface area contributed by atoms with Crippen molar-refractivity contribution in [2.45, 2.75) is 6.92 Å². The zero-order valence-electron chi connectivity index (χ0n) is 13.1. The Morgan fingerprint density at radius 1 is 1.13 bits per heavy atom. The Balaban J connectivity index is 1.70. The van der Waals surface area contributed by atoms with Crippen LogP contribution in [-0.2, 0) is 7.05 Å². The van der Waals surface area contributed by atoms with Gasteiger partial charge in [0.05, 0.1) is 5.69 Å². The van der Waals surface area contributed by atoms with Gasteiger partial charge in [0.15, 0.2) is 0 Å². The summed E-state index contributed by atoms with van der Waals surface area (Å²) in [5.74, 6) is -0.565. The lowest BCUT2D eigenvalue weighted by atomic mass is 10.2. The first-order valence-corrected chi connectivity index (χ1v) is 7.44. The first-order valence-electron chi connectivity index (χ1n) is 7.44. The van der Waals surface area contributed by atoms with Crippen LogP contribution in [0, 0.1) is 12.7 Å². The topological polar surface area (TPSA) is 58.7 Å². The molecule has 0 unspecified atom stereocenters. The summed E-state index contributed by atoms with van der Waals surface area (Å²) >= 11 is 0. The lowest BCUT2D eigenvalue weighted by molar-refractivity contribution is 0.0743. The molecule has 6 nitrogen and oxygen atoms in total. The number of hydrogen-bond donors (Lipinski definition) is 0. The summed E-state index contributed by atoms with van der Waals surface area (Å²) < 4.78 is 19.2. The fraction of sp³-hybridized carbons (Fsp3) is 0.375. The van der Waals surface area contributed by atoms with E-state index in [0.717, 1.165) is 5.69 Å². The quantitative estimate of drug-likeness (QED) is 0.839. The van der Waals surface area contributed by atoms with E-state index in [1.54, 1.807) is 31.0 Å². The first kappa shape index (κ1) is 15.3. The Morgan fingerprint density at radius 2 is 1.74 bits per heavy atom. The zero-order valence-corrected chi connectivity index (χ0v) is 13.1. The van der Waals surface area contributed by atoms with E-state index in [1.165, 1.54) is 16.9 Å². The number of piperazine rings is 1. The second kappa shape index (κ2) is 5.91. The van der Waals surface area contributed by atoms with E-state index in [4.69, 9.17) is 4.52 Å². The van der Waals surface area contributed by atoms with Crippen molar-refractivity contribution in [3.63, 3.8) is 0 Å². The van der Waals surface area contributed by atoms with Gasteiger partial charge in [-0.25, -0.2) is 13.9 Å². The van der Waals surface area contributed by atoms with E-state index in [-0.39, 0.29) is 17.3 Å². The standard InChI is InChI=1S/C16H18FN3O3/c1-11-14(16(22)23-18(11)2)15(21)20-9-7-19(8-10-20)13-5-3-12(17)4-6-13/h3-6H,7-10H2,1-2H3. The van der Waals surface area contributed by atoms with Crippen molar-refractivity contribution in [2.24, 2.45) is 7.05 Å². The molecule has 0 spiro atoms. The van der Waals surface area contributed by atoms with Crippen LogP contribution in [0.15, 0.2) is 33.6 Å². The molecule has 2 aromatic rings. The number of hydrogen-bond acceptors (Lipinski definition) is 4. The van der Waals surface area contributed by atoms with Gasteiger partial charge in [0.1, 0.15) is 11.4 Å². The van der Waals surface area contributed by atoms with Crippen molar-refractivity contribution < 1.29 is 13.7 Å². The van der Waals surface area contributed by atoms with Crippen molar-refractivity contribution in [3.8, 4) is 0 Å².